The van der Waals surface area contributed by atoms with Crippen LogP contribution in [-0.4, -0.2) is 22.9 Å². The third kappa shape index (κ3) is 4.10. The zero-order chi connectivity index (χ0) is 14.2. The maximum atomic E-state index is 5.78. The average Bonchev–Trinajstić information content (AvgIpc) is 2.90. The largest absolute Gasteiger partial charge is 0.494 e. The minimum Gasteiger partial charge on any atom is -0.494 e. The Morgan fingerprint density at radius 2 is 2.05 bits per heavy atom. The molecule has 2 rings (SSSR count). The lowest BCUT2D eigenvalue weighted by atomic mass is 10.1. The summed E-state index contributed by atoms with van der Waals surface area (Å²) in [5.74, 6) is 0.923. The summed E-state index contributed by atoms with van der Waals surface area (Å²) in [5.41, 5.74) is 1.20. The second kappa shape index (κ2) is 7.70. The molecule has 0 saturated carbocycles. The zero-order valence-corrected chi connectivity index (χ0v) is 12.2. The third-order valence-electron chi connectivity index (χ3n) is 3.28. The molecule has 1 unspecified atom stereocenters. The first kappa shape index (κ1) is 14.6. The van der Waals surface area contributed by atoms with Gasteiger partial charge in [-0.2, -0.15) is 5.10 Å². The topological polar surface area (TPSA) is 39.1 Å². The highest BCUT2D eigenvalue weighted by molar-refractivity contribution is 5.20. The van der Waals surface area contributed by atoms with Gasteiger partial charge in [0.25, 0.3) is 0 Å². The van der Waals surface area contributed by atoms with Gasteiger partial charge in [-0.15, -0.1) is 0 Å². The first-order valence-electron chi connectivity index (χ1n) is 7.20. The molecule has 1 heterocycles. The lowest BCUT2D eigenvalue weighted by molar-refractivity contribution is 0.283. The van der Waals surface area contributed by atoms with Crippen molar-refractivity contribution in [3.05, 3.63) is 48.3 Å². The van der Waals surface area contributed by atoms with Gasteiger partial charge < -0.3 is 10.1 Å². The molecule has 0 spiro atoms. The van der Waals surface area contributed by atoms with E-state index < -0.39 is 0 Å². The van der Waals surface area contributed by atoms with E-state index in [-0.39, 0.29) is 6.04 Å². The third-order valence-corrected chi connectivity index (χ3v) is 3.28. The number of aromatic nitrogens is 2. The molecule has 0 fully saturated rings. The van der Waals surface area contributed by atoms with Gasteiger partial charge >= 0.3 is 0 Å². The van der Waals surface area contributed by atoms with Gasteiger partial charge in [-0.25, -0.2) is 0 Å². The Morgan fingerprint density at radius 1 is 1.25 bits per heavy atom. The predicted molar refractivity (Wildman–Crippen MR) is 80.8 cm³/mol. The molecule has 1 atom stereocenters. The van der Waals surface area contributed by atoms with Crippen molar-refractivity contribution in [3.8, 4) is 5.75 Å². The molecule has 0 aliphatic carbocycles. The van der Waals surface area contributed by atoms with Crippen LogP contribution in [0.1, 0.15) is 31.5 Å². The molecule has 1 aromatic heterocycles. The maximum Gasteiger partial charge on any atom is 0.119 e. The summed E-state index contributed by atoms with van der Waals surface area (Å²) in [7, 11) is 1.98. The van der Waals surface area contributed by atoms with Crippen LogP contribution in [0.25, 0.3) is 0 Å². The van der Waals surface area contributed by atoms with E-state index in [4.69, 9.17) is 4.74 Å². The van der Waals surface area contributed by atoms with Crippen molar-refractivity contribution in [2.24, 2.45) is 7.05 Å². The number of hydrogen-bond donors (Lipinski definition) is 1. The molecule has 4 nitrogen and oxygen atoms in total. The molecule has 20 heavy (non-hydrogen) atoms. The zero-order valence-electron chi connectivity index (χ0n) is 12.2. The smallest absolute Gasteiger partial charge is 0.119 e. The molecule has 108 valence electrons. The molecule has 0 saturated heterocycles. The van der Waals surface area contributed by atoms with Crippen molar-refractivity contribution in [2.45, 2.75) is 25.8 Å². The first-order valence-corrected chi connectivity index (χ1v) is 7.20. The number of nitrogens with zero attached hydrogens (tertiary/aromatic N) is 2. The lowest BCUT2D eigenvalue weighted by Crippen LogP contribution is -2.26. The van der Waals surface area contributed by atoms with Gasteiger partial charge in [-0.05, 0) is 31.2 Å². The Hall–Kier alpha value is -1.81. The van der Waals surface area contributed by atoms with Crippen LogP contribution in [0.3, 0.4) is 0 Å². The number of ether oxygens (including phenoxy) is 1. The fourth-order valence-electron chi connectivity index (χ4n) is 2.21. The van der Waals surface area contributed by atoms with Gasteiger partial charge in [-0.1, -0.05) is 25.1 Å². The SMILES string of the molecule is CCCNC(CCOc1ccccc1)c1ccnn1C. The van der Waals surface area contributed by atoms with E-state index in [0.717, 1.165) is 25.1 Å². The molecular formula is C16H23N3O. The van der Waals surface area contributed by atoms with Gasteiger partial charge in [0, 0.05) is 19.7 Å². The summed E-state index contributed by atoms with van der Waals surface area (Å²) in [6, 6.07) is 12.3. The molecule has 4 heteroatoms. The van der Waals surface area contributed by atoms with E-state index in [0.29, 0.717) is 6.61 Å². The van der Waals surface area contributed by atoms with Crippen LogP contribution >= 0.6 is 0 Å². The molecule has 0 aliphatic rings. The second-order valence-corrected chi connectivity index (χ2v) is 4.84. The summed E-state index contributed by atoms with van der Waals surface area (Å²) in [6.07, 6.45) is 3.89. The number of aryl methyl sites for hydroxylation is 1. The highest BCUT2D eigenvalue weighted by Gasteiger charge is 2.14. The fraction of sp³-hybridized carbons (Fsp3) is 0.438. The van der Waals surface area contributed by atoms with Crippen LogP contribution in [0.2, 0.25) is 0 Å². The van der Waals surface area contributed by atoms with Gasteiger partial charge in [0.15, 0.2) is 0 Å². The summed E-state index contributed by atoms with van der Waals surface area (Å²) in [5, 5.41) is 7.81. The number of benzene rings is 1. The summed E-state index contributed by atoms with van der Waals surface area (Å²) < 4.78 is 7.71. The second-order valence-electron chi connectivity index (χ2n) is 4.84. The molecule has 0 radical (unpaired) electrons. The molecular weight excluding hydrogens is 250 g/mol. The Labute approximate surface area is 120 Å². The molecule has 0 bridgehead atoms. The Morgan fingerprint density at radius 3 is 2.70 bits per heavy atom. The first-order chi connectivity index (χ1) is 9.81. The minimum atomic E-state index is 0.283. The van der Waals surface area contributed by atoms with Crippen molar-refractivity contribution in [1.82, 2.24) is 15.1 Å². The number of rotatable bonds is 8. The average molecular weight is 273 g/mol. The molecule has 1 N–H and O–H groups in total. The van der Waals surface area contributed by atoms with Crippen molar-refractivity contribution in [2.75, 3.05) is 13.2 Å². The van der Waals surface area contributed by atoms with E-state index >= 15 is 0 Å². The highest BCUT2D eigenvalue weighted by Crippen LogP contribution is 2.17. The number of hydrogen-bond acceptors (Lipinski definition) is 3. The van der Waals surface area contributed by atoms with Gasteiger partial charge in [0.05, 0.1) is 18.3 Å². The van der Waals surface area contributed by atoms with Crippen molar-refractivity contribution >= 4 is 0 Å². The maximum absolute atomic E-state index is 5.78. The van der Waals surface area contributed by atoms with Crippen molar-refractivity contribution in [1.29, 1.82) is 0 Å². The van der Waals surface area contributed by atoms with E-state index in [9.17, 15) is 0 Å². The van der Waals surface area contributed by atoms with E-state index in [1.165, 1.54) is 5.69 Å². The monoisotopic (exact) mass is 273 g/mol. The highest BCUT2D eigenvalue weighted by atomic mass is 16.5. The van der Waals surface area contributed by atoms with Crippen LogP contribution in [0.5, 0.6) is 5.75 Å². The van der Waals surface area contributed by atoms with Crippen LogP contribution in [0, 0.1) is 0 Å². The Balaban J connectivity index is 1.89. The predicted octanol–water partition coefficient (Wildman–Crippen LogP) is 2.93. The van der Waals surface area contributed by atoms with E-state index in [1.807, 2.05) is 48.3 Å². The quantitative estimate of drug-likeness (QED) is 0.803. The summed E-state index contributed by atoms with van der Waals surface area (Å²) in [4.78, 5) is 0. The van der Waals surface area contributed by atoms with Crippen molar-refractivity contribution in [3.63, 3.8) is 0 Å². The fourth-order valence-corrected chi connectivity index (χ4v) is 2.21. The standard InChI is InChI=1S/C16H23N3O/c1-3-11-17-15(16-9-12-18-19(16)2)10-13-20-14-7-5-4-6-8-14/h4-9,12,15,17H,3,10-11,13H2,1-2H3. The van der Waals surface area contributed by atoms with Crippen LogP contribution in [-0.2, 0) is 7.05 Å². The van der Waals surface area contributed by atoms with Crippen molar-refractivity contribution < 1.29 is 4.74 Å². The van der Waals surface area contributed by atoms with E-state index in [1.54, 1.807) is 0 Å². The molecule has 0 amide bonds. The molecule has 0 aliphatic heterocycles. The summed E-state index contributed by atoms with van der Waals surface area (Å²) >= 11 is 0. The normalized spacial score (nSPS) is 12.3. The molecule has 1 aromatic carbocycles. The van der Waals surface area contributed by atoms with E-state index in [2.05, 4.69) is 23.4 Å². The Bertz CT molecular complexity index is 495. The van der Waals surface area contributed by atoms with Gasteiger partial charge in [0.2, 0.25) is 0 Å². The Kier molecular flexibility index (Phi) is 5.62. The lowest BCUT2D eigenvalue weighted by Gasteiger charge is -2.19. The number of nitrogens with one attached hydrogen (secondary N) is 1. The minimum absolute atomic E-state index is 0.283. The van der Waals surface area contributed by atoms with Crippen LogP contribution < -0.4 is 10.1 Å². The number of para-hydroxylation sites is 1. The van der Waals surface area contributed by atoms with Gasteiger partial charge in [0.1, 0.15) is 5.75 Å². The summed E-state index contributed by atoms with van der Waals surface area (Å²) in [6.45, 7) is 3.87. The van der Waals surface area contributed by atoms with Crippen LogP contribution in [0.4, 0.5) is 0 Å². The molecule has 2 aromatic rings. The van der Waals surface area contributed by atoms with Gasteiger partial charge in [-0.3, -0.25) is 4.68 Å². The van der Waals surface area contributed by atoms with Crippen LogP contribution in [0.15, 0.2) is 42.6 Å².